The van der Waals surface area contributed by atoms with E-state index >= 15 is 0 Å². The Bertz CT molecular complexity index is 1900. The summed E-state index contributed by atoms with van der Waals surface area (Å²) in [5.74, 6) is -1.50. The van der Waals surface area contributed by atoms with Crippen LogP contribution in [0.4, 0.5) is 13.2 Å². The molecule has 1 aliphatic rings. The normalized spacial score (nSPS) is 18.3. The van der Waals surface area contributed by atoms with Crippen LogP contribution in [0, 0.1) is 23.4 Å². The first-order valence-electron chi connectivity index (χ1n) is 14.3. The summed E-state index contributed by atoms with van der Waals surface area (Å²) in [6, 6.07) is 17.9. The molecule has 4 aromatic heterocycles. The van der Waals surface area contributed by atoms with Gasteiger partial charge in [-0.25, -0.2) is 27.4 Å². The average Bonchev–Trinajstić information content (AvgIpc) is 3.78. The zero-order valence-corrected chi connectivity index (χ0v) is 23.6. The monoisotopic (exact) mass is 595 g/mol. The van der Waals surface area contributed by atoms with E-state index in [2.05, 4.69) is 26.4 Å². The lowest BCUT2D eigenvalue weighted by Gasteiger charge is -2.29. The Kier molecular flexibility index (Phi) is 7.41. The number of aromatic nitrogens is 6. The molecule has 5 heterocycles. The van der Waals surface area contributed by atoms with Gasteiger partial charge in [0.25, 0.3) is 0 Å². The van der Waals surface area contributed by atoms with Crippen molar-refractivity contribution < 1.29 is 17.9 Å². The Morgan fingerprint density at radius 3 is 2.50 bits per heavy atom. The topological polar surface area (TPSA) is 82.2 Å². The number of nitrogens with zero attached hydrogens (tertiary/aromatic N) is 6. The average molecular weight is 596 g/mol. The first-order valence-corrected chi connectivity index (χ1v) is 14.3. The van der Waals surface area contributed by atoms with Gasteiger partial charge in [-0.3, -0.25) is 4.98 Å². The van der Waals surface area contributed by atoms with Crippen molar-refractivity contribution >= 4 is 5.52 Å². The minimum Gasteiger partial charge on any atom is -0.368 e. The van der Waals surface area contributed by atoms with Gasteiger partial charge in [0.05, 0.1) is 18.7 Å². The van der Waals surface area contributed by atoms with Crippen molar-refractivity contribution in [1.82, 2.24) is 34.7 Å². The molecule has 0 amide bonds. The van der Waals surface area contributed by atoms with E-state index in [1.54, 1.807) is 35.5 Å². The third-order valence-corrected chi connectivity index (χ3v) is 8.06. The predicted molar refractivity (Wildman–Crippen MR) is 158 cm³/mol. The van der Waals surface area contributed by atoms with Gasteiger partial charge in [0, 0.05) is 54.4 Å². The molecule has 7 rings (SSSR count). The number of fused-ring (bicyclic) bond motifs is 1. The zero-order chi connectivity index (χ0) is 30.1. The van der Waals surface area contributed by atoms with Gasteiger partial charge in [0.1, 0.15) is 41.4 Å². The van der Waals surface area contributed by atoms with Crippen molar-refractivity contribution in [1.29, 1.82) is 0 Å². The van der Waals surface area contributed by atoms with E-state index in [4.69, 9.17) is 9.84 Å². The molecule has 11 heteroatoms. The molecular weight excluding hydrogens is 567 g/mol. The molecule has 2 aromatic carbocycles. The minimum atomic E-state index is -0.994. The van der Waals surface area contributed by atoms with Crippen molar-refractivity contribution in [3.8, 4) is 22.4 Å². The van der Waals surface area contributed by atoms with Crippen LogP contribution in [0.3, 0.4) is 0 Å². The number of pyridine rings is 2. The van der Waals surface area contributed by atoms with Crippen LogP contribution in [-0.4, -0.2) is 42.5 Å². The van der Waals surface area contributed by atoms with E-state index in [1.807, 2.05) is 28.9 Å². The first-order chi connectivity index (χ1) is 21.5. The summed E-state index contributed by atoms with van der Waals surface area (Å²) in [6.45, 7) is 1.87. The smallest absolute Gasteiger partial charge is 0.137 e. The third-order valence-electron chi connectivity index (χ3n) is 8.06. The molecule has 0 aliphatic carbocycles. The number of hydrogen-bond donors (Lipinski definition) is 1. The summed E-state index contributed by atoms with van der Waals surface area (Å²) in [7, 11) is 0. The lowest BCUT2D eigenvalue weighted by molar-refractivity contribution is -0.0204. The second-order valence-electron chi connectivity index (χ2n) is 11.1. The molecule has 0 saturated carbocycles. The van der Waals surface area contributed by atoms with Crippen LogP contribution in [0.25, 0.3) is 27.9 Å². The molecule has 8 nitrogen and oxygen atoms in total. The van der Waals surface area contributed by atoms with Crippen LogP contribution in [-0.2, 0) is 23.4 Å². The number of nitrogens with one attached hydrogen (secondary N) is 1. The van der Waals surface area contributed by atoms with Gasteiger partial charge in [-0.15, -0.1) is 0 Å². The second-order valence-corrected chi connectivity index (χ2v) is 11.1. The van der Waals surface area contributed by atoms with Gasteiger partial charge in [0.15, 0.2) is 0 Å². The van der Waals surface area contributed by atoms with Crippen LogP contribution >= 0.6 is 0 Å². The summed E-state index contributed by atoms with van der Waals surface area (Å²) in [4.78, 5) is 8.15. The fourth-order valence-electron chi connectivity index (χ4n) is 6.04. The van der Waals surface area contributed by atoms with E-state index < -0.39 is 17.2 Å². The summed E-state index contributed by atoms with van der Waals surface area (Å²) in [6.07, 6.45) is 8.96. The maximum atomic E-state index is 15.0. The highest BCUT2D eigenvalue weighted by atomic mass is 19.1. The van der Waals surface area contributed by atoms with E-state index in [0.29, 0.717) is 31.7 Å². The largest absolute Gasteiger partial charge is 0.368 e. The van der Waals surface area contributed by atoms with Crippen molar-refractivity contribution in [2.75, 3.05) is 13.2 Å². The lowest BCUT2D eigenvalue weighted by Crippen LogP contribution is -2.33. The van der Waals surface area contributed by atoms with Gasteiger partial charge < -0.3 is 10.1 Å². The fourth-order valence-corrected chi connectivity index (χ4v) is 6.04. The van der Waals surface area contributed by atoms with E-state index in [1.165, 1.54) is 30.6 Å². The quantitative estimate of drug-likeness (QED) is 0.228. The summed E-state index contributed by atoms with van der Waals surface area (Å²) < 4.78 is 52.1. The molecule has 0 spiro atoms. The molecule has 0 radical (unpaired) electrons. The van der Waals surface area contributed by atoms with Crippen LogP contribution in [0.1, 0.15) is 17.5 Å². The Morgan fingerprint density at radius 2 is 1.73 bits per heavy atom. The second kappa shape index (κ2) is 11.7. The zero-order valence-electron chi connectivity index (χ0n) is 23.6. The van der Waals surface area contributed by atoms with Gasteiger partial charge in [0.2, 0.25) is 0 Å². The highest BCUT2D eigenvalue weighted by Gasteiger charge is 2.44. The highest BCUT2D eigenvalue weighted by Crippen LogP contribution is 2.42. The van der Waals surface area contributed by atoms with Gasteiger partial charge in [-0.2, -0.15) is 10.2 Å². The number of ether oxygens (including phenoxy) is 1. The Morgan fingerprint density at radius 1 is 0.909 bits per heavy atom. The maximum Gasteiger partial charge on any atom is 0.137 e. The minimum absolute atomic E-state index is 0.0831. The summed E-state index contributed by atoms with van der Waals surface area (Å²) in [5.41, 5.74) is 4.73. The molecule has 44 heavy (non-hydrogen) atoms. The predicted octanol–water partition coefficient (Wildman–Crippen LogP) is 5.79. The molecule has 222 valence electrons. The van der Waals surface area contributed by atoms with E-state index in [0.717, 1.165) is 39.5 Å². The van der Waals surface area contributed by atoms with Crippen LogP contribution in [0.5, 0.6) is 0 Å². The van der Waals surface area contributed by atoms with Crippen molar-refractivity contribution in [2.24, 2.45) is 5.92 Å². The number of halogens is 3. The maximum absolute atomic E-state index is 15.0. The van der Waals surface area contributed by atoms with Gasteiger partial charge >= 0.3 is 0 Å². The van der Waals surface area contributed by atoms with Gasteiger partial charge in [-0.05, 0) is 72.0 Å². The molecule has 1 fully saturated rings. The first kappa shape index (κ1) is 27.9. The highest BCUT2D eigenvalue weighted by molar-refractivity contribution is 5.92. The summed E-state index contributed by atoms with van der Waals surface area (Å²) >= 11 is 0. The lowest BCUT2D eigenvalue weighted by atomic mass is 9.86. The molecule has 1 saturated heterocycles. The van der Waals surface area contributed by atoms with Crippen LogP contribution < -0.4 is 5.32 Å². The number of rotatable bonds is 9. The van der Waals surface area contributed by atoms with E-state index in [-0.39, 0.29) is 18.3 Å². The molecule has 2 atom stereocenters. The van der Waals surface area contributed by atoms with Crippen LogP contribution in [0.2, 0.25) is 0 Å². The Hall–Kier alpha value is -4.87. The van der Waals surface area contributed by atoms with Gasteiger partial charge in [-0.1, -0.05) is 12.1 Å². The number of benzene rings is 2. The standard InChI is InChI=1S/C33H28F3N7O/c34-26-4-2-25(3-5-26)32-31(24-9-11-37-12-10-24)30-8-1-22(17-43(30)41-32)15-38-16-23-14-33(44-18-23,19-42-21-39-20-40-42)28-7-6-27(35)13-29(28)36/h1-13,17,20-21,23,38H,14-16,18-19H2/t23-,33+/m1/s1. The fraction of sp³-hybridized carbons (Fsp3) is 0.212. The third kappa shape index (κ3) is 5.47. The van der Waals surface area contributed by atoms with Crippen molar-refractivity contribution in [3.63, 3.8) is 0 Å². The molecule has 0 bridgehead atoms. The van der Waals surface area contributed by atoms with Crippen molar-refractivity contribution in [3.05, 3.63) is 127 Å². The Balaban J connectivity index is 1.10. The molecular formula is C33H28F3N7O. The molecule has 6 aromatic rings. The summed E-state index contributed by atoms with van der Waals surface area (Å²) in [5, 5.41) is 12.6. The van der Waals surface area contributed by atoms with Crippen molar-refractivity contribution in [2.45, 2.75) is 25.1 Å². The SMILES string of the molecule is Fc1ccc(-c2nn3cc(CNC[C@@H]4CO[C@@](Cn5cncn5)(c5ccc(F)cc5F)C4)ccc3c2-c2ccncc2)cc1. The van der Waals surface area contributed by atoms with Crippen LogP contribution in [0.15, 0.2) is 98.0 Å². The van der Waals surface area contributed by atoms with E-state index in [9.17, 15) is 13.2 Å². The molecule has 1 N–H and O–H groups in total. The number of hydrogen-bond acceptors (Lipinski definition) is 6. The molecule has 1 aliphatic heterocycles. The Labute approximate surface area is 251 Å². The molecule has 0 unspecified atom stereocenters.